The molecule has 0 unspecified atom stereocenters. The van der Waals surface area contributed by atoms with Gasteiger partial charge in [0.1, 0.15) is 17.2 Å². The van der Waals surface area contributed by atoms with Crippen LogP contribution in [0.3, 0.4) is 0 Å². The van der Waals surface area contributed by atoms with Crippen molar-refractivity contribution >= 4 is 18.2 Å². The van der Waals surface area contributed by atoms with Crippen LogP contribution in [0.15, 0.2) is 23.3 Å². The summed E-state index contributed by atoms with van der Waals surface area (Å²) in [6, 6.07) is 2.74. The van der Waals surface area contributed by atoms with Gasteiger partial charge in [-0.3, -0.25) is 4.79 Å². The molecule has 0 spiro atoms. The molecule has 2 heterocycles. The van der Waals surface area contributed by atoms with Gasteiger partial charge in [0.05, 0.1) is 6.04 Å². The van der Waals surface area contributed by atoms with Gasteiger partial charge < -0.3 is 9.64 Å². The van der Waals surface area contributed by atoms with Crippen molar-refractivity contribution in [2.75, 3.05) is 6.54 Å². The highest BCUT2D eigenvalue weighted by atomic mass is 19.1. The third-order valence-corrected chi connectivity index (χ3v) is 5.47. The molecule has 0 radical (unpaired) electrons. The minimum atomic E-state index is -0.684. The van der Waals surface area contributed by atoms with Crippen LogP contribution in [0.1, 0.15) is 65.5 Å². The van der Waals surface area contributed by atoms with Crippen molar-refractivity contribution in [3.63, 3.8) is 0 Å². The normalized spacial score (nSPS) is 23.6. The zero-order valence-corrected chi connectivity index (χ0v) is 18.1. The van der Waals surface area contributed by atoms with Gasteiger partial charge >= 0.3 is 6.09 Å². The second-order valence-electron chi connectivity index (χ2n) is 9.57. The van der Waals surface area contributed by atoms with E-state index in [1.807, 2.05) is 34.6 Å². The van der Waals surface area contributed by atoms with E-state index in [1.165, 1.54) is 17.1 Å². The average Bonchev–Trinajstić information content (AvgIpc) is 3.07. The number of hydrogen-bond donors (Lipinski definition) is 0. The van der Waals surface area contributed by atoms with Crippen LogP contribution in [0.5, 0.6) is 0 Å². The van der Waals surface area contributed by atoms with E-state index in [0.717, 1.165) is 6.07 Å². The maximum atomic E-state index is 13.7. The summed E-state index contributed by atoms with van der Waals surface area (Å²) in [6.07, 6.45) is 2.51. The highest BCUT2D eigenvalue weighted by molar-refractivity contribution is 5.82. The van der Waals surface area contributed by atoms with Crippen LogP contribution in [0.2, 0.25) is 0 Å². The van der Waals surface area contributed by atoms with Gasteiger partial charge in [0.25, 0.3) is 0 Å². The zero-order chi connectivity index (χ0) is 22.3. The second kappa shape index (κ2) is 7.96. The van der Waals surface area contributed by atoms with E-state index in [-0.39, 0.29) is 11.8 Å². The predicted molar refractivity (Wildman–Crippen MR) is 109 cm³/mol. The van der Waals surface area contributed by atoms with E-state index in [2.05, 4.69) is 5.10 Å². The van der Waals surface area contributed by atoms with Gasteiger partial charge in [-0.15, -0.1) is 0 Å². The fourth-order valence-electron chi connectivity index (χ4n) is 4.13. The topological polar surface area (TPSA) is 62.2 Å². The number of nitrogens with zero attached hydrogens (tertiary/aromatic N) is 3. The molecule has 2 aliphatic heterocycles. The largest absolute Gasteiger partial charge is 0.444 e. The van der Waals surface area contributed by atoms with Crippen molar-refractivity contribution in [2.45, 2.75) is 71.1 Å². The van der Waals surface area contributed by atoms with Crippen LogP contribution in [-0.2, 0) is 9.53 Å². The molecule has 1 aromatic carbocycles. The van der Waals surface area contributed by atoms with Crippen LogP contribution in [0.4, 0.5) is 13.6 Å². The summed E-state index contributed by atoms with van der Waals surface area (Å²) in [4.78, 5) is 27.5. The van der Waals surface area contributed by atoms with Crippen LogP contribution in [-0.4, -0.2) is 45.8 Å². The van der Waals surface area contributed by atoms with Gasteiger partial charge in [-0.1, -0.05) is 0 Å². The van der Waals surface area contributed by atoms with Gasteiger partial charge in [-0.25, -0.2) is 18.6 Å². The van der Waals surface area contributed by atoms with E-state index in [4.69, 9.17) is 4.74 Å². The Kier molecular flexibility index (Phi) is 5.89. The molecule has 0 bridgehead atoms. The minimum absolute atomic E-state index is 0.199. The van der Waals surface area contributed by atoms with Gasteiger partial charge in [-0.05, 0) is 65.2 Å². The van der Waals surface area contributed by atoms with Gasteiger partial charge in [0.15, 0.2) is 0 Å². The number of halogens is 2. The average molecular weight is 421 g/mol. The molecule has 164 valence electrons. The van der Waals surface area contributed by atoms with Gasteiger partial charge in [0, 0.05) is 36.7 Å². The quantitative estimate of drug-likeness (QED) is 0.698. The Bertz CT molecular complexity index is 843. The molecule has 2 atom stereocenters. The Morgan fingerprint density at radius 1 is 1.17 bits per heavy atom. The highest BCUT2D eigenvalue weighted by Gasteiger charge is 2.44. The van der Waals surface area contributed by atoms with E-state index >= 15 is 0 Å². The molecule has 1 saturated heterocycles. The van der Waals surface area contributed by atoms with E-state index in [0.29, 0.717) is 31.4 Å². The number of carbonyl (C=O) groups excluding carboxylic acids is 2. The molecule has 0 N–H and O–H groups in total. The standard InChI is InChI=1S/C22H29F2N3O3/c1-21(2,3)30-20(29)26-9-7-14(13-22(26,4)5)19(28)27-18(6-8-25-27)15-10-16(23)12-17(24)11-15/h8,10-12,14,18H,6-7,9,13H2,1-5H3/t14-,18+/m1/s1. The summed E-state index contributed by atoms with van der Waals surface area (Å²) in [6.45, 7) is 9.64. The van der Waals surface area contributed by atoms with Crippen molar-refractivity contribution in [1.82, 2.24) is 9.91 Å². The molecule has 0 aromatic heterocycles. The number of likely N-dealkylation sites (tertiary alicyclic amines) is 1. The molecule has 6 nitrogen and oxygen atoms in total. The third-order valence-electron chi connectivity index (χ3n) is 5.47. The molecule has 1 aromatic rings. The molecule has 3 rings (SSSR count). The van der Waals surface area contributed by atoms with E-state index in [1.54, 1.807) is 11.1 Å². The Morgan fingerprint density at radius 3 is 2.37 bits per heavy atom. The molecule has 30 heavy (non-hydrogen) atoms. The maximum absolute atomic E-state index is 13.7. The Morgan fingerprint density at radius 2 is 1.80 bits per heavy atom. The lowest BCUT2D eigenvalue weighted by atomic mass is 9.82. The minimum Gasteiger partial charge on any atom is -0.444 e. The Hall–Kier alpha value is -2.51. The number of rotatable bonds is 2. The lowest BCUT2D eigenvalue weighted by Gasteiger charge is -2.45. The van der Waals surface area contributed by atoms with Crippen molar-refractivity contribution in [3.8, 4) is 0 Å². The summed E-state index contributed by atoms with van der Waals surface area (Å²) in [5.74, 6) is -1.92. The zero-order valence-electron chi connectivity index (χ0n) is 18.1. The lowest BCUT2D eigenvalue weighted by Crippen LogP contribution is -2.55. The summed E-state index contributed by atoms with van der Waals surface area (Å²) in [5.41, 5.74) is -0.800. The fourth-order valence-corrected chi connectivity index (χ4v) is 4.13. The Balaban J connectivity index is 1.73. The van der Waals surface area contributed by atoms with Crippen LogP contribution in [0, 0.1) is 17.6 Å². The summed E-state index contributed by atoms with van der Waals surface area (Å²) in [7, 11) is 0. The van der Waals surface area contributed by atoms with Gasteiger partial charge in [-0.2, -0.15) is 5.10 Å². The van der Waals surface area contributed by atoms with Crippen molar-refractivity contribution in [3.05, 3.63) is 35.4 Å². The number of ether oxygens (including phenoxy) is 1. The first-order chi connectivity index (χ1) is 13.9. The number of amides is 2. The summed E-state index contributed by atoms with van der Waals surface area (Å²) < 4.78 is 32.8. The first-order valence-electron chi connectivity index (χ1n) is 10.2. The predicted octanol–water partition coefficient (Wildman–Crippen LogP) is 4.65. The SMILES string of the molecule is CC(C)(C)OC(=O)N1CC[C@@H](C(=O)N2N=CC[C@H]2c2cc(F)cc(F)c2)CC1(C)C. The number of hydrogen-bond acceptors (Lipinski definition) is 4. The summed E-state index contributed by atoms with van der Waals surface area (Å²) >= 11 is 0. The highest BCUT2D eigenvalue weighted by Crippen LogP contribution is 2.37. The molecular weight excluding hydrogens is 392 g/mol. The second-order valence-corrected chi connectivity index (χ2v) is 9.57. The molecule has 0 aliphatic carbocycles. The Labute approximate surface area is 175 Å². The van der Waals surface area contributed by atoms with Crippen LogP contribution in [0.25, 0.3) is 0 Å². The molecule has 2 amide bonds. The molecule has 2 aliphatic rings. The van der Waals surface area contributed by atoms with Gasteiger partial charge in [0.2, 0.25) is 5.91 Å². The number of benzene rings is 1. The first-order valence-corrected chi connectivity index (χ1v) is 10.2. The molecule has 1 fully saturated rings. The molecular formula is C22H29F2N3O3. The fraction of sp³-hybridized carbons (Fsp3) is 0.591. The van der Waals surface area contributed by atoms with E-state index in [9.17, 15) is 18.4 Å². The number of carbonyl (C=O) groups is 2. The monoisotopic (exact) mass is 421 g/mol. The molecule has 0 saturated carbocycles. The third kappa shape index (κ3) is 4.79. The van der Waals surface area contributed by atoms with E-state index < -0.39 is 34.9 Å². The summed E-state index contributed by atoms with van der Waals surface area (Å²) in [5, 5.41) is 5.52. The smallest absolute Gasteiger partial charge is 0.410 e. The van der Waals surface area contributed by atoms with Crippen LogP contribution < -0.4 is 0 Å². The van der Waals surface area contributed by atoms with Crippen molar-refractivity contribution in [2.24, 2.45) is 11.0 Å². The number of piperidine rings is 1. The van der Waals surface area contributed by atoms with Crippen molar-refractivity contribution in [1.29, 1.82) is 0 Å². The first kappa shape index (κ1) is 22.2. The van der Waals surface area contributed by atoms with Crippen LogP contribution >= 0.6 is 0 Å². The molecule has 8 heteroatoms. The number of hydrazone groups is 1. The van der Waals surface area contributed by atoms with Crippen molar-refractivity contribution < 1.29 is 23.1 Å². The lowest BCUT2D eigenvalue weighted by molar-refractivity contribution is -0.141. The maximum Gasteiger partial charge on any atom is 0.410 e.